The van der Waals surface area contributed by atoms with Gasteiger partial charge in [0, 0.05) is 29.7 Å². The van der Waals surface area contributed by atoms with Gasteiger partial charge in [0.15, 0.2) is 0 Å². The van der Waals surface area contributed by atoms with Gasteiger partial charge in [0.05, 0.1) is 6.10 Å². The van der Waals surface area contributed by atoms with E-state index in [1.54, 1.807) is 19.1 Å². The minimum absolute atomic E-state index is 0.0362. The number of nitrogens with one attached hydrogen (secondary N) is 1. The number of anilines is 1. The molecule has 0 aliphatic carbocycles. The van der Waals surface area contributed by atoms with Crippen LogP contribution in [0.1, 0.15) is 59.4 Å². The summed E-state index contributed by atoms with van der Waals surface area (Å²) in [5.74, 6) is -1.53. The van der Waals surface area contributed by atoms with Crippen molar-refractivity contribution in [3.05, 3.63) is 52.9 Å². The Kier molecular flexibility index (Phi) is 11.1. The second-order valence-electron chi connectivity index (χ2n) is 10.3. The Balaban J connectivity index is 2.43. The summed E-state index contributed by atoms with van der Waals surface area (Å²) in [7, 11) is 0. The SMILES string of the molecule is CC1=CCC[C@H](C)[C@@H](OC(N)=O)C(C)=C[C@H](C)[C@@H](O)[C@@H](CO)C[C@H](C)Cc2cc(F)cc(c2)NC1=O. The number of ether oxygens (including phenoxy) is 1. The number of halogens is 1. The first-order valence-electron chi connectivity index (χ1n) is 12.6. The molecular formula is C28H41FN2O5. The van der Waals surface area contributed by atoms with E-state index in [2.05, 4.69) is 5.32 Å². The standard InChI is InChI=1S/C28H41FN2O5/c1-16-9-21-12-23(29)14-24(13-21)31-27(34)18(3)8-6-7-17(2)26(36-28(30)35)20(5)11-19(4)25(33)22(10-16)15-32/h8,11-14,16-17,19,22,25-26,32-33H,6-7,9-10,15H2,1-5H3,(H2,30,35)(H,31,34)/t16-,17+,19+,22-,25-,26-/m1/s1. The van der Waals surface area contributed by atoms with Gasteiger partial charge in [-0.1, -0.05) is 32.9 Å². The Labute approximate surface area is 213 Å². The van der Waals surface area contributed by atoms with Gasteiger partial charge in [0.2, 0.25) is 0 Å². The van der Waals surface area contributed by atoms with Gasteiger partial charge in [-0.05, 0) is 80.7 Å². The maximum Gasteiger partial charge on any atom is 0.405 e. The van der Waals surface area contributed by atoms with Crippen LogP contribution in [-0.2, 0) is 16.0 Å². The van der Waals surface area contributed by atoms with E-state index in [0.29, 0.717) is 36.9 Å². The van der Waals surface area contributed by atoms with Gasteiger partial charge in [-0.3, -0.25) is 4.79 Å². The van der Waals surface area contributed by atoms with E-state index in [1.165, 1.54) is 12.1 Å². The summed E-state index contributed by atoms with van der Waals surface area (Å²) in [4.78, 5) is 24.3. The number of fused-ring (bicyclic) bond motifs is 2. The number of aliphatic hydroxyl groups excluding tert-OH is 2. The molecule has 1 aromatic carbocycles. The van der Waals surface area contributed by atoms with Crippen LogP contribution in [0.5, 0.6) is 0 Å². The van der Waals surface area contributed by atoms with Crippen molar-refractivity contribution in [1.29, 1.82) is 0 Å². The lowest BCUT2D eigenvalue weighted by atomic mass is 9.82. The molecule has 0 radical (unpaired) electrons. The number of carbonyl (C=O) groups excluding carboxylic acids is 2. The molecule has 1 heterocycles. The smallest absolute Gasteiger partial charge is 0.405 e. The number of amides is 2. The summed E-state index contributed by atoms with van der Waals surface area (Å²) >= 11 is 0. The molecule has 8 heteroatoms. The Morgan fingerprint density at radius 1 is 1.22 bits per heavy atom. The molecule has 0 aromatic heterocycles. The number of carbonyl (C=O) groups is 2. The highest BCUT2D eigenvalue weighted by atomic mass is 19.1. The van der Waals surface area contributed by atoms with Crippen LogP contribution >= 0.6 is 0 Å². The van der Waals surface area contributed by atoms with Crippen molar-refractivity contribution in [2.45, 2.75) is 72.5 Å². The van der Waals surface area contributed by atoms with Gasteiger partial charge >= 0.3 is 6.09 Å². The second-order valence-corrected chi connectivity index (χ2v) is 10.3. The minimum atomic E-state index is -0.881. The van der Waals surface area contributed by atoms with Crippen LogP contribution in [0.15, 0.2) is 41.5 Å². The fourth-order valence-corrected chi connectivity index (χ4v) is 5.02. The van der Waals surface area contributed by atoms with Gasteiger partial charge in [-0.2, -0.15) is 0 Å². The zero-order valence-electron chi connectivity index (χ0n) is 22.0. The molecule has 0 saturated heterocycles. The summed E-state index contributed by atoms with van der Waals surface area (Å²) in [6, 6.07) is 4.48. The minimum Gasteiger partial charge on any atom is -0.442 e. The molecule has 2 amide bonds. The molecule has 0 unspecified atom stereocenters. The van der Waals surface area contributed by atoms with Crippen molar-refractivity contribution < 1.29 is 28.9 Å². The predicted octanol–water partition coefficient (Wildman–Crippen LogP) is 4.72. The molecule has 200 valence electrons. The molecule has 2 rings (SSSR count). The predicted molar refractivity (Wildman–Crippen MR) is 139 cm³/mol. The number of hydrogen-bond acceptors (Lipinski definition) is 5. The van der Waals surface area contributed by atoms with Crippen LogP contribution in [-0.4, -0.2) is 41.0 Å². The maximum absolute atomic E-state index is 14.3. The summed E-state index contributed by atoms with van der Waals surface area (Å²) in [5.41, 5.74) is 7.70. The van der Waals surface area contributed by atoms with Crippen molar-refractivity contribution >= 4 is 17.7 Å². The van der Waals surface area contributed by atoms with Gasteiger partial charge in [0.25, 0.3) is 5.91 Å². The summed E-state index contributed by atoms with van der Waals surface area (Å²) in [6.07, 6.45) is 3.60. The van der Waals surface area contributed by atoms with E-state index in [4.69, 9.17) is 10.5 Å². The molecule has 2 bridgehead atoms. The van der Waals surface area contributed by atoms with Crippen molar-refractivity contribution in [2.24, 2.45) is 29.4 Å². The first-order chi connectivity index (χ1) is 16.9. The molecule has 36 heavy (non-hydrogen) atoms. The zero-order valence-corrected chi connectivity index (χ0v) is 22.0. The Morgan fingerprint density at radius 3 is 2.56 bits per heavy atom. The van der Waals surface area contributed by atoms with Gasteiger partial charge < -0.3 is 26.0 Å². The van der Waals surface area contributed by atoms with Gasteiger partial charge in [-0.25, -0.2) is 9.18 Å². The number of nitrogens with two attached hydrogens (primary N) is 1. The molecule has 0 spiro atoms. The second kappa shape index (κ2) is 13.6. The van der Waals surface area contributed by atoms with Crippen LogP contribution in [0, 0.1) is 29.5 Å². The first-order valence-corrected chi connectivity index (χ1v) is 12.6. The number of aliphatic hydroxyl groups is 2. The Hall–Kier alpha value is -2.71. The average molecular weight is 505 g/mol. The van der Waals surface area contributed by atoms with Crippen molar-refractivity contribution in [3.8, 4) is 0 Å². The number of primary amides is 1. The third-order valence-electron chi connectivity index (χ3n) is 6.93. The van der Waals surface area contributed by atoms with Crippen LogP contribution in [0.4, 0.5) is 14.9 Å². The fourth-order valence-electron chi connectivity index (χ4n) is 5.02. The lowest BCUT2D eigenvalue weighted by Gasteiger charge is -2.29. The molecule has 0 fully saturated rings. The Bertz CT molecular complexity index is 977. The first kappa shape index (κ1) is 29.5. The van der Waals surface area contributed by atoms with E-state index in [0.717, 1.165) is 11.1 Å². The molecule has 5 N–H and O–H groups in total. The lowest BCUT2D eigenvalue weighted by molar-refractivity contribution is -0.112. The molecule has 7 nitrogen and oxygen atoms in total. The van der Waals surface area contributed by atoms with Crippen molar-refractivity contribution in [1.82, 2.24) is 0 Å². The normalized spacial score (nSPS) is 29.1. The van der Waals surface area contributed by atoms with Crippen LogP contribution in [0.2, 0.25) is 0 Å². The lowest BCUT2D eigenvalue weighted by Crippen LogP contribution is -2.33. The number of hydrogen-bond donors (Lipinski definition) is 4. The summed E-state index contributed by atoms with van der Waals surface area (Å²) < 4.78 is 19.7. The molecule has 1 aromatic rings. The zero-order chi connectivity index (χ0) is 27.0. The van der Waals surface area contributed by atoms with Gasteiger partial charge in [-0.15, -0.1) is 0 Å². The monoisotopic (exact) mass is 504 g/mol. The highest BCUT2D eigenvalue weighted by Crippen LogP contribution is 2.28. The van der Waals surface area contributed by atoms with Gasteiger partial charge in [0.1, 0.15) is 11.9 Å². The third kappa shape index (κ3) is 8.75. The Morgan fingerprint density at radius 2 is 1.92 bits per heavy atom. The summed E-state index contributed by atoms with van der Waals surface area (Å²) in [5, 5.41) is 23.8. The van der Waals surface area contributed by atoms with Crippen molar-refractivity contribution in [3.63, 3.8) is 0 Å². The third-order valence-corrected chi connectivity index (χ3v) is 6.93. The molecule has 1 aliphatic heterocycles. The highest BCUT2D eigenvalue weighted by molar-refractivity contribution is 6.03. The fraction of sp³-hybridized carbons (Fsp3) is 0.571. The average Bonchev–Trinajstić information content (AvgIpc) is 2.78. The van der Waals surface area contributed by atoms with Crippen LogP contribution < -0.4 is 11.1 Å². The largest absolute Gasteiger partial charge is 0.442 e. The molecule has 0 saturated carbocycles. The number of benzene rings is 1. The van der Waals surface area contributed by atoms with Crippen LogP contribution in [0.3, 0.4) is 0 Å². The number of rotatable bonds is 2. The quantitative estimate of drug-likeness (QED) is 0.434. The summed E-state index contributed by atoms with van der Waals surface area (Å²) in [6.45, 7) is 9.12. The van der Waals surface area contributed by atoms with E-state index < -0.39 is 30.0 Å². The van der Waals surface area contributed by atoms with Crippen molar-refractivity contribution in [2.75, 3.05) is 11.9 Å². The topological polar surface area (TPSA) is 122 Å². The van der Waals surface area contributed by atoms with E-state index in [-0.39, 0.29) is 30.3 Å². The molecule has 6 atom stereocenters. The van der Waals surface area contributed by atoms with E-state index in [1.807, 2.05) is 33.8 Å². The highest BCUT2D eigenvalue weighted by Gasteiger charge is 2.28. The maximum atomic E-state index is 14.3. The van der Waals surface area contributed by atoms with E-state index >= 15 is 0 Å². The molecule has 1 aliphatic rings. The molecular weight excluding hydrogens is 463 g/mol. The van der Waals surface area contributed by atoms with E-state index in [9.17, 15) is 24.2 Å². The number of allylic oxidation sites excluding steroid dienone is 1. The van der Waals surface area contributed by atoms with Crippen LogP contribution in [0.25, 0.3) is 0 Å².